The Morgan fingerprint density at radius 2 is 1.63 bits per heavy atom. The van der Waals surface area contributed by atoms with Gasteiger partial charge in [-0.05, 0) is 38.0 Å². The molecule has 1 fully saturated rings. The van der Waals surface area contributed by atoms with Crippen molar-refractivity contribution < 1.29 is 19.8 Å². The first-order chi connectivity index (χ1) is 8.86. The third-order valence-corrected chi connectivity index (χ3v) is 4.48. The van der Waals surface area contributed by atoms with E-state index in [0.717, 1.165) is 6.42 Å². The smallest absolute Gasteiger partial charge is 0.311 e. The lowest BCUT2D eigenvalue weighted by atomic mass is 9.51. The second-order valence-electron chi connectivity index (χ2n) is 5.61. The predicted octanol–water partition coefficient (Wildman–Crippen LogP) is 3.10. The molecule has 3 atom stereocenters. The Hall–Kier alpha value is -1.58. The molecule has 106 valence electrons. The highest BCUT2D eigenvalue weighted by atomic mass is 16.4. The summed E-state index contributed by atoms with van der Waals surface area (Å²) < 4.78 is 0. The van der Waals surface area contributed by atoms with Crippen LogP contribution in [0.4, 0.5) is 0 Å². The number of carboxylic acids is 2. The molecule has 0 bridgehead atoms. The normalized spacial score (nSPS) is 34.5. The maximum absolute atomic E-state index is 11.9. The number of carboxylic acid groups (broad SMARTS) is 2. The van der Waals surface area contributed by atoms with Gasteiger partial charge in [0, 0.05) is 0 Å². The largest absolute Gasteiger partial charge is 0.481 e. The lowest BCUT2D eigenvalue weighted by Crippen LogP contribution is -2.55. The maximum Gasteiger partial charge on any atom is 0.311 e. The summed E-state index contributed by atoms with van der Waals surface area (Å²) >= 11 is 0. The fourth-order valence-corrected chi connectivity index (χ4v) is 3.47. The lowest BCUT2D eigenvalue weighted by Gasteiger charge is -2.49. The molecule has 1 aliphatic carbocycles. The summed E-state index contributed by atoms with van der Waals surface area (Å²) in [5.74, 6) is -1.87. The van der Waals surface area contributed by atoms with Gasteiger partial charge >= 0.3 is 11.9 Å². The van der Waals surface area contributed by atoms with Crippen LogP contribution in [0, 0.1) is 16.7 Å². The minimum Gasteiger partial charge on any atom is -0.481 e. The first kappa shape index (κ1) is 15.5. The first-order valence-corrected chi connectivity index (χ1v) is 6.55. The summed E-state index contributed by atoms with van der Waals surface area (Å²) in [4.78, 5) is 23.7. The fourth-order valence-electron chi connectivity index (χ4n) is 3.47. The Morgan fingerprint density at radius 1 is 1.16 bits per heavy atom. The van der Waals surface area contributed by atoms with E-state index in [1.54, 1.807) is 0 Å². The molecule has 0 radical (unpaired) electrons. The van der Waals surface area contributed by atoms with E-state index in [9.17, 15) is 19.8 Å². The molecule has 1 rings (SSSR count). The van der Waals surface area contributed by atoms with E-state index in [4.69, 9.17) is 0 Å². The first-order valence-electron chi connectivity index (χ1n) is 6.55. The zero-order chi connectivity index (χ0) is 14.7. The number of allylic oxidation sites excluding steroid dienone is 2. The molecule has 0 aromatic carbocycles. The van der Waals surface area contributed by atoms with E-state index in [1.807, 2.05) is 6.92 Å². The van der Waals surface area contributed by atoms with Gasteiger partial charge in [-0.15, -0.1) is 13.2 Å². The van der Waals surface area contributed by atoms with Crippen molar-refractivity contribution in [2.24, 2.45) is 16.7 Å². The number of rotatable bonds is 6. The molecular formula is C15H22O4. The van der Waals surface area contributed by atoms with Crippen molar-refractivity contribution in [3.05, 3.63) is 25.3 Å². The van der Waals surface area contributed by atoms with E-state index in [-0.39, 0.29) is 18.8 Å². The zero-order valence-electron chi connectivity index (χ0n) is 11.4. The Kier molecular flexibility index (Phi) is 4.56. The van der Waals surface area contributed by atoms with Crippen molar-refractivity contribution in [3.63, 3.8) is 0 Å². The Bertz CT molecular complexity index is 401. The molecule has 0 aromatic rings. The quantitative estimate of drug-likeness (QED) is 0.724. The summed E-state index contributed by atoms with van der Waals surface area (Å²) in [5.41, 5.74) is -2.56. The molecule has 0 spiro atoms. The van der Waals surface area contributed by atoms with Crippen LogP contribution in [-0.4, -0.2) is 22.2 Å². The molecule has 1 saturated carbocycles. The van der Waals surface area contributed by atoms with Gasteiger partial charge in [-0.1, -0.05) is 19.1 Å². The monoisotopic (exact) mass is 266 g/mol. The van der Waals surface area contributed by atoms with Crippen LogP contribution >= 0.6 is 0 Å². The van der Waals surface area contributed by atoms with Gasteiger partial charge in [-0.25, -0.2) is 0 Å². The van der Waals surface area contributed by atoms with Gasteiger partial charge in [-0.2, -0.15) is 0 Å². The van der Waals surface area contributed by atoms with Crippen molar-refractivity contribution in [3.8, 4) is 0 Å². The number of hydrogen-bond acceptors (Lipinski definition) is 2. The summed E-state index contributed by atoms with van der Waals surface area (Å²) in [6, 6.07) is 0. The lowest BCUT2D eigenvalue weighted by molar-refractivity contribution is -0.181. The van der Waals surface area contributed by atoms with Crippen LogP contribution in [0.25, 0.3) is 0 Å². The fraction of sp³-hybridized carbons (Fsp3) is 0.600. The van der Waals surface area contributed by atoms with Gasteiger partial charge in [0.15, 0.2) is 0 Å². The van der Waals surface area contributed by atoms with Crippen LogP contribution in [0.3, 0.4) is 0 Å². The average Bonchev–Trinajstić information content (AvgIpc) is 2.32. The van der Waals surface area contributed by atoms with Crippen LogP contribution < -0.4 is 0 Å². The summed E-state index contributed by atoms with van der Waals surface area (Å²) in [6.07, 6.45) is 4.86. The summed E-state index contributed by atoms with van der Waals surface area (Å²) in [7, 11) is 0. The van der Waals surface area contributed by atoms with Gasteiger partial charge < -0.3 is 10.2 Å². The Balaban J connectivity index is 3.44. The molecule has 1 unspecified atom stereocenters. The van der Waals surface area contributed by atoms with E-state index in [2.05, 4.69) is 13.2 Å². The Morgan fingerprint density at radius 3 is 2.05 bits per heavy atom. The highest BCUT2D eigenvalue weighted by Crippen LogP contribution is 2.57. The number of carbonyl (C=O) groups is 2. The third kappa shape index (κ3) is 2.31. The second kappa shape index (κ2) is 5.59. The van der Waals surface area contributed by atoms with Crippen molar-refractivity contribution in [1.29, 1.82) is 0 Å². The van der Waals surface area contributed by atoms with E-state index >= 15 is 0 Å². The van der Waals surface area contributed by atoms with Gasteiger partial charge in [0.05, 0.1) is 10.8 Å². The van der Waals surface area contributed by atoms with Crippen LogP contribution in [0.15, 0.2) is 25.3 Å². The molecular weight excluding hydrogens is 244 g/mol. The maximum atomic E-state index is 11.9. The zero-order valence-corrected chi connectivity index (χ0v) is 11.4. The predicted molar refractivity (Wildman–Crippen MR) is 72.8 cm³/mol. The highest BCUT2D eigenvalue weighted by Gasteiger charge is 2.61. The van der Waals surface area contributed by atoms with Crippen molar-refractivity contribution in [2.75, 3.05) is 0 Å². The standard InChI is InChI=1S/C15H22O4/c1-4-7-14(12(16)17)9-6-11(3)10-15(14,8-5-2)13(18)19/h4-5,11H,1-2,6-10H2,3H3,(H,16,17)(H,18,19)/t11?,14-,15+/m0/s1. The number of aliphatic carboxylic acids is 2. The summed E-state index contributed by atoms with van der Waals surface area (Å²) in [6.45, 7) is 9.19. The van der Waals surface area contributed by atoms with Gasteiger partial charge in [0.25, 0.3) is 0 Å². The highest BCUT2D eigenvalue weighted by molar-refractivity contribution is 5.87. The van der Waals surface area contributed by atoms with Crippen LogP contribution in [-0.2, 0) is 9.59 Å². The molecule has 1 aliphatic rings. The summed E-state index contributed by atoms with van der Waals surface area (Å²) in [5, 5.41) is 19.4. The molecule has 2 N–H and O–H groups in total. The van der Waals surface area contributed by atoms with Crippen LogP contribution in [0.1, 0.15) is 39.0 Å². The van der Waals surface area contributed by atoms with Gasteiger partial charge in [0.2, 0.25) is 0 Å². The van der Waals surface area contributed by atoms with Crippen molar-refractivity contribution >= 4 is 11.9 Å². The molecule has 4 nitrogen and oxygen atoms in total. The average molecular weight is 266 g/mol. The molecule has 0 aliphatic heterocycles. The molecule has 4 heteroatoms. The molecule has 0 saturated heterocycles. The van der Waals surface area contributed by atoms with E-state index in [1.165, 1.54) is 12.2 Å². The number of hydrogen-bond donors (Lipinski definition) is 2. The van der Waals surface area contributed by atoms with Gasteiger partial charge in [0.1, 0.15) is 0 Å². The molecule has 19 heavy (non-hydrogen) atoms. The second-order valence-corrected chi connectivity index (χ2v) is 5.61. The van der Waals surface area contributed by atoms with Crippen LogP contribution in [0.2, 0.25) is 0 Å². The molecule has 0 aromatic heterocycles. The van der Waals surface area contributed by atoms with Crippen molar-refractivity contribution in [2.45, 2.75) is 39.0 Å². The SMILES string of the molecule is C=CC[C@@]1(C(=O)O)CCC(C)C[C@]1(CC=C)C(=O)O. The van der Waals surface area contributed by atoms with E-state index < -0.39 is 22.8 Å². The Labute approximate surface area is 113 Å². The minimum absolute atomic E-state index is 0.173. The minimum atomic E-state index is -1.29. The van der Waals surface area contributed by atoms with Crippen molar-refractivity contribution in [1.82, 2.24) is 0 Å². The topological polar surface area (TPSA) is 74.6 Å². The third-order valence-electron chi connectivity index (χ3n) is 4.48. The van der Waals surface area contributed by atoms with Gasteiger partial charge in [-0.3, -0.25) is 9.59 Å². The van der Waals surface area contributed by atoms with Crippen LogP contribution in [0.5, 0.6) is 0 Å². The van der Waals surface area contributed by atoms with E-state index in [0.29, 0.717) is 12.8 Å². The molecule has 0 heterocycles. The molecule has 0 amide bonds.